The summed E-state index contributed by atoms with van der Waals surface area (Å²) in [4.78, 5) is 4.46. The van der Waals surface area contributed by atoms with E-state index in [1.165, 1.54) is 10.9 Å². The molecule has 2 aromatic rings. The summed E-state index contributed by atoms with van der Waals surface area (Å²) in [5.74, 6) is 0. The number of benzene rings is 1. The smallest absolute Gasteiger partial charge is 0.0705 e. The van der Waals surface area contributed by atoms with Crippen molar-refractivity contribution in [1.29, 1.82) is 0 Å². The second kappa shape index (κ2) is 5.70. The molecule has 0 fully saturated rings. The van der Waals surface area contributed by atoms with Crippen LogP contribution < -0.4 is 5.32 Å². The maximum Gasteiger partial charge on any atom is 0.0705 e. The normalized spacial score (nSPS) is 13.7. The van der Waals surface area contributed by atoms with Gasteiger partial charge in [-0.05, 0) is 36.1 Å². The molecule has 0 amide bonds. The number of nitrogens with zero attached hydrogens (tertiary/aromatic N) is 1. The van der Waals surface area contributed by atoms with Gasteiger partial charge in [-0.3, -0.25) is 4.98 Å². The Balaban J connectivity index is 2.49. The van der Waals surface area contributed by atoms with Gasteiger partial charge in [0.25, 0.3) is 0 Å². The van der Waals surface area contributed by atoms with E-state index in [-0.39, 0.29) is 5.41 Å². The van der Waals surface area contributed by atoms with Gasteiger partial charge in [0, 0.05) is 17.6 Å². The van der Waals surface area contributed by atoms with Crippen LogP contribution in [0.25, 0.3) is 10.9 Å². The molecule has 0 aliphatic heterocycles. The molecule has 0 aliphatic carbocycles. The lowest BCUT2D eigenvalue weighted by Crippen LogP contribution is -2.33. The van der Waals surface area contributed by atoms with E-state index < -0.39 is 0 Å². The van der Waals surface area contributed by atoms with Crippen molar-refractivity contribution in [3.8, 4) is 0 Å². The molecule has 0 saturated heterocycles. The lowest BCUT2D eigenvalue weighted by Gasteiger charge is -2.33. The second-order valence-corrected chi connectivity index (χ2v) is 6.17. The first-order valence-electron chi connectivity index (χ1n) is 7.11. The molecule has 0 radical (unpaired) electrons. The second-order valence-electron chi connectivity index (χ2n) is 6.17. The SMILES string of the molecule is CCCNC(c1ccnc2ccccc12)C(C)(C)C. The molecule has 1 N–H and O–H groups in total. The van der Waals surface area contributed by atoms with E-state index in [4.69, 9.17) is 0 Å². The van der Waals surface area contributed by atoms with Crippen LogP contribution in [0.2, 0.25) is 0 Å². The van der Waals surface area contributed by atoms with Crippen LogP contribution in [-0.4, -0.2) is 11.5 Å². The molecule has 1 unspecified atom stereocenters. The molecule has 0 bridgehead atoms. The van der Waals surface area contributed by atoms with Gasteiger partial charge < -0.3 is 5.32 Å². The van der Waals surface area contributed by atoms with Crippen molar-refractivity contribution in [2.75, 3.05) is 6.54 Å². The summed E-state index contributed by atoms with van der Waals surface area (Å²) in [7, 11) is 0. The molecule has 1 aromatic carbocycles. The van der Waals surface area contributed by atoms with E-state index in [2.05, 4.69) is 62.3 Å². The fourth-order valence-corrected chi connectivity index (χ4v) is 2.54. The van der Waals surface area contributed by atoms with Crippen molar-refractivity contribution < 1.29 is 0 Å². The number of para-hydroxylation sites is 1. The van der Waals surface area contributed by atoms with Crippen LogP contribution in [0, 0.1) is 5.41 Å². The molecule has 1 heterocycles. The molecule has 2 nitrogen and oxygen atoms in total. The minimum atomic E-state index is 0.180. The van der Waals surface area contributed by atoms with Gasteiger partial charge in [0.2, 0.25) is 0 Å². The Morgan fingerprint density at radius 1 is 1.16 bits per heavy atom. The predicted octanol–water partition coefficient (Wildman–Crippen LogP) is 4.32. The number of pyridine rings is 1. The summed E-state index contributed by atoms with van der Waals surface area (Å²) in [6.07, 6.45) is 3.07. The van der Waals surface area contributed by atoms with Gasteiger partial charge in [0.1, 0.15) is 0 Å². The van der Waals surface area contributed by atoms with Crippen molar-refractivity contribution in [3.63, 3.8) is 0 Å². The molecule has 1 atom stereocenters. The van der Waals surface area contributed by atoms with Crippen molar-refractivity contribution >= 4 is 10.9 Å². The highest BCUT2D eigenvalue weighted by atomic mass is 14.9. The number of fused-ring (bicyclic) bond motifs is 1. The zero-order valence-electron chi connectivity index (χ0n) is 12.4. The maximum atomic E-state index is 4.46. The number of aromatic nitrogens is 1. The number of hydrogen-bond donors (Lipinski definition) is 1. The Kier molecular flexibility index (Phi) is 4.20. The highest BCUT2D eigenvalue weighted by Gasteiger charge is 2.26. The summed E-state index contributed by atoms with van der Waals surface area (Å²) in [5, 5.41) is 4.95. The first-order chi connectivity index (χ1) is 9.04. The third-order valence-corrected chi connectivity index (χ3v) is 3.46. The molecule has 19 heavy (non-hydrogen) atoms. The van der Waals surface area contributed by atoms with E-state index in [0.717, 1.165) is 18.5 Å². The fraction of sp³-hybridized carbons (Fsp3) is 0.471. The van der Waals surface area contributed by atoms with Gasteiger partial charge in [-0.25, -0.2) is 0 Å². The number of nitrogens with one attached hydrogen (secondary N) is 1. The first kappa shape index (κ1) is 14.0. The molecule has 0 saturated carbocycles. The molecular weight excluding hydrogens is 232 g/mol. The van der Waals surface area contributed by atoms with E-state index in [9.17, 15) is 0 Å². The molecule has 0 aliphatic rings. The van der Waals surface area contributed by atoms with E-state index >= 15 is 0 Å². The van der Waals surface area contributed by atoms with Crippen LogP contribution in [-0.2, 0) is 0 Å². The molecule has 102 valence electrons. The predicted molar refractivity (Wildman–Crippen MR) is 82.2 cm³/mol. The van der Waals surface area contributed by atoms with Crippen LogP contribution >= 0.6 is 0 Å². The average Bonchev–Trinajstić information content (AvgIpc) is 2.38. The lowest BCUT2D eigenvalue weighted by molar-refractivity contribution is 0.275. The highest BCUT2D eigenvalue weighted by molar-refractivity contribution is 5.82. The zero-order chi connectivity index (χ0) is 13.9. The Morgan fingerprint density at radius 2 is 1.89 bits per heavy atom. The van der Waals surface area contributed by atoms with Crippen molar-refractivity contribution in [2.24, 2.45) is 5.41 Å². The summed E-state index contributed by atoms with van der Waals surface area (Å²) in [5.41, 5.74) is 2.61. The van der Waals surface area contributed by atoms with E-state index in [1.54, 1.807) is 0 Å². The third-order valence-electron chi connectivity index (χ3n) is 3.46. The van der Waals surface area contributed by atoms with Crippen molar-refractivity contribution in [1.82, 2.24) is 10.3 Å². The zero-order valence-corrected chi connectivity index (χ0v) is 12.4. The molecule has 0 spiro atoms. The molecule has 2 heteroatoms. The molecule has 1 aromatic heterocycles. The fourth-order valence-electron chi connectivity index (χ4n) is 2.54. The third kappa shape index (κ3) is 3.13. The van der Waals surface area contributed by atoms with Gasteiger partial charge in [-0.1, -0.05) is 45.9 Å². The van der Waals surface area contributed by atoms with E-state index in [1.807, 2.05) is 12.3 Å². The van der Waals surface area contributed by atoms with Gasteiger partial charge in [0.05, 0.1) is 5.52 Å². The lowest BCUT2D eigenvalue weighted by atomic mass is 9.81. The van der Waals surface area contributed by atoms with Crippen LogP contribution in [0.5, 0.6) is 0 Å². The van der Waals surface area contributed by atoms with Crippen LogP contribution in [0.3, 0.4) is 0 Å². The van der Waals surface area contributed by atoms with Crippen LogP contribution in [0.15, 0.2) is 36.5 Å². The quantitative estimate of drug-likeness (QED) is 0.881. The van der Waals surface area contributed by atoms with Crippen LogP contribution in [0.4, 0.5) is 0 Å². The topological polar surface area (TPSA) is 24.9 Å². The average molecular weight is 256 g/mol. The van der Waals surface area contributed by atoms with Gasteiger partial charge in [-0.2, -0.15) is 0 Å². The Morgan fingerprint density at radius 3 is 2.58 bits per heavy atom. The number of hydrogen-bond acceptors (Lipinski definition) is 2. The largest absolute Gasteiger partial charge is 0.309 e. The molecular formula is C17H24N2. The summed E-state index contributed by atoms with van der Waals surface area (Å²) in [6.45, 7) is 10.1. The maximum absolute atomic E-state index is 4.46. The Hall–Kier alpha value is -1.41. The monoisotopic (exact) mass is 256 g/mol. The van der Waals surface area contributed by atoms with Crippen LogP contribution in [0.1, 0.15) is 45.7 Å². The van der Waals surface area contributed by atoms with Gasteiger partial charge in [0.15, 0.2) is 0 Å². The van der Waals surface area contributed by atoms with Gasteiger partial charge >= 0.3 is 0 Å². The van der Waals surface area contributed by atoms with Gasteiger partial charge in [-0.15, -0.1) is 0 Å². The standard InChI is InChI=1S/C17H24N2/c1-5-11-19-16(17(2,3)4)14-10-12-18-15-9-7-6-8-13(14)15/h6-10,12,16,19H,5,11H2,1-4H3. The molecule has 2 rings (SSSR count). The summed E-state index contributed by atoms with van der Waals surface area (Å²) in [6, 6.07) is 10.9. The number of rotatable bonds is 4. The van der Waals surface area contributed by atoms with E-state index in [0.29, 0.717) is 6.04 Å². The minimum Gasteiger partial charge on any atom is -0.309 e. The summed E-state index contributed by atoms with van der Waals surface area (Å²) < 4.78 is 0. The minimum absolute atomic E-state index is 0.180. The summed E-state index contributed by atoms with van der Waals surface area (Å²) >= 11 is 0. The highest BCUT2D eigenvalue weighted by Crippen LogP contribution is 2.35. The van der Waals surface area contributed by atoms with Crippen molar-refractivity contribution in [3.05, 3.63) is 42.1 Å². The van der Waals surface area contributed by atoms with Crippen molar-refractivity contribution in [2.45, 2.75) is 40.2 Å². The first-order valence-corrected chi connectivity index (χ1v) is 7.11. The Bertz CT molecular complexity index is 535. The Labute approximate surface area is 116 Å².